The Morgan fingerprint density at radius 1 is 1.22 bits per heavy atom. The Balaban J connectivity index is 1.38. The molecule has 2 aliphatic carbocycles. The summed E-state index contributed by atoms with van der Waals surface area (Å²) in [4.78, 5) is 31.3. The van der Waals surface area contributed by atoms with E-state index in [0.717, 1.165) is 37.2 Å². The lowest BCUT2D eigenvalue weighted by molar-refractivity contribution is -0.137. The van der Waals surface area contributed by atoms with Crippen molar-refractivity contribution in [1.29, 1.82) is 0 Å². The number of thiazole rings is 1. The topological polar surface area (TPSA) is 62.3 Å². The molecule has 1 aromatic rings. The molecule has 2 atom stereocenters. The third kappa shape index (κ3) is 3.42. The minimum absolute atomic E-state index is 0.0623. The number of carbonyl (C=O) groups excluding carboxylic acids is 2. The molecule has 0 bridgehead atoms. The normalized spacial score (nSPS) is 25.9. The molecule has 1 aliphatic heterocycles. The Bertz CT molecular complexity index is 581. The van der Waals surface area contributed by atoms with Crippen molar-refractivity contribution < 1.29 is 9.59 Å². The summed E-state index contributed by atoms with van der Waals surface area (Å²) in [6.45, 7) is 1.41. The summed E-state index contributed by atoms with van der Waals surface area (Å²) >= 11 is 1.62. The quantitative estimate of drug-likeness (QED) is 0.900. The average molecular weight is 333 g/mol. The van der Waals surface area contributed by atoms with Crippen LogP contribution in [0.3, 0.4) is 0 Å². The van der Waals surface area contributed by atoms with Gasteiger partial charge in [0.2, 0.25) is 11.8 Å². The Morgan fingerprint density at radius 3 is 2.70 bits per heavy atom. The zero-order chi connectivity index (χ0) is 15.8. The van der Waals surface area contributed by atoms with Gasteiger partial charge in [-0.2, -0.15) is 0 Å². The number of hydrogen-bond acceptors (Lipinski definition) is 4. The second-order valence-electron chi connectivity index (χ2n) is 7.09. The molecule has 3 aliphatic rings. The molecule has 0 unspecified atom stereocenters. The van der Waals surface area contributed by atoms with E-state index in [1.165, 1.54) is 12.8 Å². The molecule has 3 fully saturated rings. The summed E-state index contributed by atoms with van der Waals surface area (Å²) in [6.07, 6.45) is 8.01. The monoisotopic (exact) mass is 333 g/mol. The minimum atomic E-state index is -0.0623. The van der Waals surface area contributed by atoms with Gasteiger partial charge in [-0.3, -0.25) is 9.59 Å². The van der Waals surface area contributed by atoms with E-state index in [2.05, 4.69) is 10.3 Å². The van der Waals surface area contributed by atoms with Crippen LogP contribution in [0.2, 0.25) is 0 Å². The number of nitrogens with zero attached hydrogens (tertiary/aromatic N) is 2. The highest BCUT2D eigenvalue weighted by molar-refractivity contribution is 7.09. The Hall–Kier alpha value is -1.43. The van der Waals surface area contributed by atoms with Gasteiger partial charge in [-0.05, 0) is 44.4 Å². The van der Waals surface area contributed by atoms with Gasteiger partial charge in [-0.1, -0.05) is 0 Å². The Kier molecular flexibility index (Phi) is 4.09. The van der Waals surface area contributed by atoms with Gasteiger partial charge in [0.25, 0.3) is 0 Å². The molecule has 4 rings (SSSR count). The number of rotatable bonds is 5. The van der Waals surface area contributed by atoms with Crippen LogP contribution in [0.15, 0.2) is 11.6 Å². The molecule has 2 amide bonds. The van der Waals surface area contributed by atoms with Crippen LogP contribution in [0.4, 0.5) is 0 Å². The van der Waals surface area contributed by atoms with Crippen molar-refractivity contribution >= 4 is 23.2 Å². The van der Waals surface area contributed by atoms with Crippen molar-refractivity contribution in [3.8, 4) is 0 Å². The largest absolute Gasteiger partial charge is 0.346 e. The predicted molar refractivity (Wildman–Crippen MR) is 87.7 cm³/mol. The van der Waals surface area contributed by atoms with Crippen LogP contribution in [-0.2, 0) is 9.59 Å². The number of likely N-dealkylation sites (tertiary alicyclic amines) is 1. The SMILES string of the molecule is O=C(N[C@H](c1nccs1)C1CC1)[C@@H]1CCCN(C(=O)C2CC2)C1. The summed E-state index contributed by atoms with van der Waals surface area (Å²) < 4.78 is 0. The fraction of sp³-hybridized carbons (Fsp3) is 0.706. The third-order valence-corrected chi connectivity index (χ3v) is 6.00. The lowest BCUT2D eigenvalue weighted by Gasteiger charge is -2.33. The second kappa shape index (κ2) is 6.23. The molecule has 23 heavy (non-hydrogen) atoms. The first-order valence-corrected chi connectivity index (χ1v) is 9.59. The molecular formula is C17H23N3O2S. The van der Waals surface area contributed by atoms with E-state index in [9.17, 15) is 9.59 Å². The van der Waals surface area contributed by atoms with Gasteiger partial charge in [-0.15, -0.1) is 11.3 Å². The van der Waals surface area contributed by atoms with Crippen LogP contribution in [0.1, 0.15) is 49.6 Å². The van der Waals surface area contributed by atoms with Gasteiger partial charge in [0.05, 0.1) is 12.0 Å². The van der Waals surface area contributed by atoms with Crippen molar-refractivity contribution in [1.82, 2.24) is 15.2 Å². The fourth-order valence-corrected chi connectivity index (χ4v) is 4.23. The van der Waals surface area contributed by atoms with Crippen LogP contribution in [0.5, 0.6) is 0 Å². The zero-order valence-electron chi connectivity index (χ0n) is 13.2. The average Bonchev–Trinajstić information content (AvgIpc) is 3.50. The maximum Gasteiger partial charge on any atom is 0.225 e. The van der Waals surface area contributed by atoms with E-state index < -0.39 is 0 Å². The van der Waals surface area contributed by atoms with Gasteiger partial charge in [0.15, 0.2) is 0 Å². The molecule has 0 radical (unpaired) electrons. The van der Waals surface area contributed by atoms with E-state index in [4.69, 9.17) is 0 Å². The van der Waals surface area contributed by atoms with Crippen LogP contribution >= 0.6 is 11.3 Å². The summed E-state index contributed by atoms with van der Waals surface area (Å²) in [5.74, 6) is 1.09. The second-order valence-corrected chi connectivity index (χ2v) is 8.02. The molecule has 2 heterocycles. The summed E-state index contributed by atoms with van der Waals surface area (Å²) in [5, 5.41) is 6.21. The van der Waals surface area contributed by atoms with Crippen molar-refractivity contribution in [2.45, 2.75) is 44.6 Å². The van der Waals surface area contributed by atoms with Crippen molar-refractivity contribution in [2.75, 3.05) is 13.1 Å². The number of nitrogens with one attached hydrogen (secondary N) is 1. The van der Waals surface area contributed by atoms with Gasteiger partial charge in [0, 0.05) is 30.6 Å². The number of amides is 2. The minimum Gasteiger partial charge on any atom is -0.346 e. The third-order valence-electron chi connectivity index (χ3n) is 5.14. The number of piperidine rings is 1. The van der Waals surface area contributed by atoms with Gasteiger partial charge in [-0.25, -0.2) is 4.98 Å². The predicted octanol–water partition coefficient (Wildman–Crippen LogP) is 2.36. The van der Waals surface area contributed by atoms with E-state index in [-0.39, 0.29) is 29.7 Å². The molecule has 1 saturated heterocycles. The highest BCUT2D eigenvalue weighted by Gasteiger charge is 2.39. The Morgan fingerprint density at radius 2 is 2.04 bits per heavy atom. The molecule has 0 spiro atoms. The summed E-state index contributed by atoms with van der Waals surface area (Å²) in [5.41, 5.74) is 0. The first-order chi connectivity index (χ1) is 11.2. The molecule has 2 saturated carbocycles. The fourth-order valence-electron chi connectivity index (χ4n) is 3.45. The Labute approximate surface area is 140 Å². The molecule has 1 aromatic heterocycles. The van der Waals surface area contributed by atoms with Crippen LogP contribution < -0.4 is 5.32 Å². The number of hydrogen-bond donors (Lipinski definition) is 1. The van der Waals surface area contributed by atoms with E-state index >= 15 is 0 Å². The zero-order valence-corrected chi connectivity index (χ0v) is 14.1. The first kappa shape index (κ1) is 15.1. The van der Waals surface area contributed by atoms with E-state index in [0.29, 0.717) is 12.5 Å². The molecular weight excluding hydrogens is 310 g/mol. The van der Waals surface area contributed by atoms with E-state index in [1.807, 2.05) is 10.3 Å². The molecule has 0 aromatic carbocycles. The van der Waals surface area contributed by atoms with Crippen LogP contribution in [-0.4, -0.2) is 34.8 Å². The lowest BCUT2D eigenvalue weighted by Crippen LogP contribution is -2.46. The van der Waals surface area contributed by atoms with Crippen LogP contribution in [0.25, 0.3) is 0 Å². The molecule has 1 N–H and O–H groups in total. The summed E-state index contributed by atoms with van der Waals surface area (Å²) in [6, 6.07) is 0.0667. The van der Waals surface area contributed by atoms with Gasteiger partial charge >= 0.3 is 0 Å². The lowest BCUT2D eigenvalue weighted by atomic mass is 9.96. The first-order valence-electron chi connectivity index (χ1n) is 8.71. The standard InChI is InChI=1S/C17H23N3O2S/c21-15(19-14(11-3-4-11)16-18-7-9-23-16)13-2-1-8-20(10-13)17(22)12-5-6-12/h7,9,11-14H,1-6,8,10H2,(H,19,21)/t13-,14+/m1/s1. The van der Waals surface area contributed by atoms with Crippen molar-refractivity contribution in [3.63, 3.8) is 0 Å². The van der Waals surface area contributed by atoms with Gasteiger partial charge < -0.3 is 10.2 Å². The highest BCUT2D eigenvalue weighted by Crippen LogP contribution is 2.42. The number of carbonyl (C=O) groups is 2. The molecule has 5 nitrogen and oxygen atoms in total. The maximum absolute atomic E-state index is 12.7. The maximum atomic E-state index is 12.7. The van der Waals surface area contributed by atoms with Crippen LogP contribution in [0, 0.1) is 17.8 Å². The van der Waals surface area contributed by atoms with E-state index in [1.54, 1.807) is 17.5 Å². The van der Waals surface area contributed by atoms with Crippen molar-refractivity contribution in [3.05, 3.63) is 16.6 Å². The van der Waals surface area contributed by atoms with Crippen molar-refractivity contribution in [2.24, 2.45) is 17.8 Å². The number of aromatic nitrogens is 1. The summed E-state index contributed by atoms with van der Waals surface area (Å²) in [7, 11) is 0. The van der Waals surface area contributed by atoms with Gasteiger partial charge in [0.1, 0.15) is 5.01 Å². The highest BCUT2D eigenvalue weighted by atomic mass is 32.1. The molecule has 124 valence electrons. The smallest absolute Gasteiger partial charge is 0.225 e. The molecule has 6 heteroatoms.